The summed E-state index contributed by atoms with van der Waals surface area (Å²) in [6.07, 6.45) is 3.09. The first-order chi connectivity index (χ1) is 14.5. The minimum absolute atomic E-state index is 0.294. The Morgan fingerprint density at radius 3 is 2.47 bits per heavy atom. The van der Waals surface area contributed by atoms with Gasteiger partial charge in [-0.25, -0.2) is 9.37 Å². The number of halogens is 1. The minimum atomic E-state index is -0.436. The molecule has 0 atom stereocenters. The Hall–Kier alpha value is -3.58. The zero-order valence-corrected chi connectivity index (χ0v) is 17.2. The molecule has 2 heterocycles. The lowest BCUT2D eigenvalue weighted by molar-refractivity contribution is 0.102. The number of hydrogen-bond acceptors (Lipinski definition) is 5. The standard InChI is InChI=1S/C23H18FN3O2S/c1-14-3-5-17(6-4-14)29-18-11-15(2)21(19(24)12-18)20-13-30-23(26-20)27-22(28)16-7-9-25-10-8-16/h3-13H,1-2H3,(H,26,27,28). The van der Waals surface area contributed by atoms with Gasteiger partial charge in [0.2, 0.25) is 0 Å². The van der Waals surface area contributed by atoms with Crippen LogP contribution < -0.4 is 10.1 Å². The number of carbonyl (C=O) groups excluding carboxylic acids is 1. The summed E-state index contributed by atoms with van der Waals surface area (Å²) < 4.78 is 20.7. The first-order valence-electron chi connectivity index (χ1n) is 9.21. The lowest BCUT2D eigenvalue weighted by Crippen LogP contribution is -2.11. The Balaban J connectivity index is 1.54. The molecule has 0 bridgehead atoms. The van der Waals surface area contributed by atoms with Gasteiger partial charge in [0.1, 0.15) is 17.3 Å². The predicted molar refractivity (Wildman–Crippen MR) is 116 cm³/mol. The maximum absolute atomic E-state index is 14.9. The van der Waals surface area contributed by atoms with Crippen molar-refractivity contribution in [1.82, 2.24) is 9.97 Å². The van der Waals surface area contributed by atoms with Crippen LogP contribution in [0.3, 0.4) is 0 Å². The Kier molecular flexibility index (Phi) is 5.54. The number of anilines is 1. The van der Waals surface area contributed by atoms with Crippen molar-refractivity contribution in [2.75, 3.05) is 5.32 Å². The van der Waals surface area contributed by atoms with E-state index in [9.17, 15) is 9.18 Å². The number of benzene rings is 2. The number of nitrogens with one attached hydrogen (secondary N) is 1. The molecule has 4 rings (SSSR count). The molecule has 30 heavy (non-hydrogen) atoms. The number of thiazole rings is 1. The molecule has 0 radical (unpaired) electrons. The van der Waals surface area contributed by atoms with Gasteiger partial charge in [-0.15, -0.1) is 11.3 Å². The van der Waals surface area contributed by atoms with Gasteiger partial charge in [-0.3, -0.25) is 15.1 Å². The Morgan fingerprint density at radius 1 is 1.03 bits per heavy atom. The Bertz CT molecular complexity index is 1170. The summed E-state index contributed by atoms with van der Waals surface area (Å²) in [6.45, 7) is 3.79. The number of nitrogens with zero attached hydrogens (tertiary/aromatic N) is 2. The number of pyridine rings is 1. The van der Waals surface area contributed by atoms with Crippen LogP contribution >= 0.6 is 11.3 Å². The van der Waals surface area contributed by atoms with E-state index in [1.165, 1.54) is 17.4 Å². The second kappa shape index (κ2) is 8.42. The average molecular weight is 419 g/mol. The number of aromatic nitrogens is 2. The van der Waals surface area contributed by atoms with Crippen LogP contribution in [0, 0.1) is 19.7 Å². The van der Waals surface area contributed by atoms with Crippen molar-refractivity contribution in [3.8, 4) is 22.8 Å². The highest BCUT2D eigenvalue weighted by Gasteiger charge is 2.16. The maximum atomic E-state index is 14.9. The quantitative estimate of drug-likeness (QED) is 0.431. The molecule has 0 unspecified atom stereocenters. The van der Waals surface area contributed by atoms with Crippen LogP contribution in [0.15, 0.2) is 66.3 Å². The number of carbonyl (C=O) groups is 1. The number of rotatable bonds is 5. The zero-order chi connectivity index (χ0) is 21.1. The van der Waals surface area contributed by atoms with Gasteiger partial charge in [0.25, 0.3) is 5.91 Å². The van der Waals surface area contributed by atoms with E-state index >= 15 is 0 Å². The first kappa shape index (κ1) is 19.7. The van der Waals surface area contributed by atoms with E-state index in [-0.39, 0.29) is 5.91 Å². The summed E-state index contributed by atoms with van der Waals surface area (Å²) >= 11 is 1.24. The molecule has 0 aliphatic carbocycles. The summed E-state index contributed by atoms with van der Waals surface area (Å²) in [4.78, 5) is 20.5. The second-order valence-electron chi connectivity index (χ2n) is 6.74. The molecule has 0 spiro atoms. The summed E-state index contributed by atoms with van der Waals surface area (Å²) in [5, 5.41) is 4.84. The molecule has 5 nitrogen and oxygen atoms in total. The highest BCUT2D eigenvalue weighted by atomic mass is 32.1. The van der Waals surface area contributed by atoms with E-state index in [2.05, 4.69) is 15.3 Å². The van der Waals surface area contributed by atoms with Crippen molar-refractivity contribution >= 4 is 22.4 Å². The first-order valence-corrected chi connectivity index (χ1v) is 10.1. The predicted octanol–water partition coefficient (Wildman–Crippen LogP) is 6.01. The second-order valence-corrected chi connectivity index (χ2v) is 7.60. The topological polar surface area (TPSA) is 64.1 Å². The molecule has 0 saturated carbocycles. The fraction of sp³-hybridized carbons (Fsp3) is 0.0870. The van der Waals surface area contributed by atoms with Crippen molar-refractivity contribution in [3.05, 3.63) is 88.8 Å². The van der Waals surface area contributed by atoms with E-state index < -0.39 is 5.82 Å². The summed E-state index contributed by atoms with van der Waals surface area (Å²) in [5.41, 5.74) is 3.13. The fourth-order valence-corrected chi connectivity index (χ4v) is 3.65. The van der Waals surface area contributed by atoms with E-state index in [0.29, 0.717) is 39.0 Å². The lowest BCUT2D eigenvalue weighted by Gasteiger charge is -2.10. The normalized spacial score (nSPS) is 10.6. The monoisotopic (exact) mass is 419 g/mol. The number of hydrogen-bond donors (Lipinski definition) is 1. The smallest absolute Gasteiger partial charge is 0.257 e. The molecular weight excluding hydrogens is 401 g/mol. The van der Waals surface area contributed by atoms with Gasteiger partial charge < -0.3 is 4.74 Å². The summed E-state index contributed by atoms with van der Waals surface area (Å²) in [7, 11) is 0. The van der Waals surface area contributed by atoms with Crippen molar-refractivity contribution in [2.45, 2.75) is 13.8 Å². The van der Waals surface area contributed by atoms with Gasteiger partial charge in [0.15, 0.2) is 5.13 Å². The van der Waals surface area contributed by atoms with Crippen molar-refractivity contribution in [3.63, 3.8) is 0 Å². The van der Waals surface area contributed by atoms with Crippen molar-refractivity contribution < 1.29 is 13.9 Å². The minimum Gasteiger partial charge on any atom is -0.457 e. The fourth-order valence-electron chi connectivity index (χ4n) is 2.96. The van der Waals surface area contributed by atoms with E-state index in [1.54, 1.807) is 42.9 Å². The third kappa shape index (κ3) is 4.36. The van der Waals surface area contributed by atoms with Gasteiger partial charge in [0, 0.05) is 35.0 Å². The van der Waals surface area contributed by atoms with Crippen molar-refractivity contribution in [2.24, 2.45) is 0 Å². The van der Waals surface area contributed by atoms with Gasteiger partial charge in [-0.05, 0) is 49.7 Å². The molecule has 0 aliphatic heterocycles. The third-order valence-electron chi connectivity index (χ3n) is 4.44. The molecular formula is C23H18FN3O2S. The molecule has 4 aromatic rings. The molecule has 7 heteroatoms. The van der Waals surface area contributed by atoms with Crippen LogP contribution in [0.25, 0.3) is 11.3 Å². The highest BCUT2D eigenvalue weighted by molar-refractivity contribution is 7.14. The Morgan fingerprint density at radius 2 is 1.77 bits per heavy atom. The van der Waals surface area contributed by atoms with Crippen LogP contribution in [-0.2, 0) is 0 Å². The number of amides is 1. The van der Waals surface area contributed by atoms with Gasteiger partial charge in [0.05, 0.1) is 5.69 Å². The van der Waals surface area contributed by atoms with Crippen LogP contribution in [-0.4, -0.2) is 15.9 Å². The molecule has 0 saturated heterocycles. The molecule has 1 amide bonds. The summed E-state index contributed by atoms with van der Waals surface area (Å²) in [5.74, 6) is 0.327. The third-order valence-corrected chi connectivity index (χ3v) is 5.20. The molecule has 0 fully saturated rings. The van der Waals surface area contributed by atoms with Crippen LogP contribution in [0.4, 0.5) is 9.52 Å². The van der Waals surface area contributed by atoms with Crippen LogP contribution in [0.2, 0.25) is 0 Å². The van der Waals surface area contributed by atoms with E-state index in [0.717, 1.165) is 5.56 Å². The largest absolute Gasteiger partial charge is 0.457 e. The molecule has 2 aromatic heterocycles. The SMILES string of the molecule is Cc1ccc(Oc2cc(C)c(-c3csc(NC(=O)c4ccncc4)n3)c(F)c2)cc1. The van der Waals surface area contributed by atoms with Gasteiger partial charge in [-0.2, -0.15) is 0 Å². The Labute approximate surface area is 177 Å². The van der Waals surface area contributed by atoms with Gasteiger partial charge >= 0.3 is 0 Å². The number of ether oxygens (including phenoxy) is 1. The average Bonchev–Trinajstić information content (AvgIpc) is 3.18. The van der Waals surface area contributed by atoms with Gasteiger partial charge in [-0.1, -0.05) is 17.7 Å². The molecule has 2 aromatic carbocycles. The summed E-state index contributed by atoms with van der Waals surface area (Å²) in [6, 6.07) is 13.9. The van der Waals surface area contributed by atoms with E-state index in [4.69, 9.17) is 4.74 Å². The van der Waals surface area contributed by atoms with Crippen LogP contribution in [0.5, 0.6) is 11.5 Å². The molecule has 0 aliphatic rings. The van der Waals surface area contributed by atoms with Crippen molar-refractivity contribution in [1.29, 1.82) is 0 Å². The highest BCUT2D eigenvalue weighted by Crippen LogP contribution is 2.34. The number of aryl methyl sites for hydroxylation is 2. The lowest BCUT2D eigenvalue weighted by atomic mass is 10.1. The molecule has 1 N–H and O–H groups in total. The maximum Gasteiger partial charge on any atom is 0.257 e. The van der Waals surface area contributed by atoms with E-state index in [1.807, 2.05) is 31.2 Å². The molecule has 150 valence electrons. The zero-order valence-electron chi connectivity index (χ0n) is 16.3. The van der Waals surface area contributed by atoms with Crippen LogP contribution in [0.1, 0.15) is 21.5 Å².